The third-order valence-electron chi connectivity index (χ3n) is 6.11. The fraction of sp³-hybridized carbons (Fsp3) is 0.333. The minimum absolute atomic E-state index is 0.0553. The normalized spacial score (nSPS) is 19.6. The van der Waals surface area contributed by atoms with Crippen LogP contribution >= 0.6 is 12.6 Å². The summed E-state index contributed by atoms with van der Waals surface area (Å²) in [5.41, 5.74) is 0.896. The second-order valence-corrected chi connectivity index (χ2v) is 9.66. The van der Waals surface area contributed by atoms with Crippen LogP contribution in [0, 0.1) is 0 Å². The standard InChI is InChI=1S/C27H30N4O9S/c1-14(32)28-20-11-15-5-7-17(8-6-15)40-18-4-2-3-16(12-18)23(26(37)30-21(13-41)27(38)39)31-24(35)19(29-25(20)36)9-10-22(33)34/h2-8,12,19-21,23,41H,9-11,13H2,1H3,(H,28,32)(H,29,36)(H,30,37)(H,31,35)(H,33,34)(H,38,39)/t19-,20-,21+,23-/m1/s1. The number of carboxylic acids is 2. The van der Waals surface area contributed by atoms with E-state index >= 15 is 0 Å². The van der Waals surface area contributed by atoms with Gasteiger partial charge in [-0.25, -0.2) is 4.79 Å². The Morgan fingerprint density at radius 1 is 1.02 bits per heavy atom. The first-order chi connectivity index (χ1) is 19.5. The van der Waals surface area contributed by atoms with E-state index in [-0.39, 0.29) is 24.2 Å². The van der Waals surface area contributed by atoms with Gasteiger partial charge in [-0.3, -0.25) is 24.0 Å². The van der Waals surface area contributed by atoms with Crippen LogP contribution in [0.5, 0.6) is 11.5 Å². The van der Waals surface area contributed by atoms with E-state index in [9.17, 15) is 39.0 Å². The van der Waals surface area contributed by atoms with Crippen LogP contribution in [-0.4, -0.2) is 69.7 Å². The highest BCUT2D eigenvalue weighted by atomic mass is 32.1. The highest BCUT2D eigenvalue weighted by Gasteiger charge is 2.32. The summed E-state index contributed by atoms with van der Waals surface area (Å²) in [4.78, 5) is 74.6. The van der Waals surface area contributed by atoms with Crippen LogP contribution in [0.4, 0.5) is 0 Å². The largest absolute Gasteiger partial charge is 0.481 e. The molecule has 0 aromatic heterocycles. The van der Waals surface area contributed by atoms with E-state index in [1.54, 1.807) is 36.4 Å². The number of fused-ring (bicyclic) bond motifs is 9. The van der Waals surface area contributed by atoms with E-state index in [4.69, 9.17) is 4.74 Å². The zero-order valence-electron chi connectivity index (χ0n) is 22.0. The molecule has 41 heavy (non-hydrogen) atoms. The maximum absolute atomic E-state index is 13.4. The molecule has 4 amide bonds. The van der Waals surface area contributed by atoms with Gasteiger partial charge in [-0.1, -0.05) is 24.3 Å². The van der Waals surface area contributed by atoms with Crippen molar-refractivity contribution in [3.8, 4) is 11.5 Å². The van der Waals surface area contributed by atoms with Crippen LogP contribution in [-0.2, 0) is 35.2 Å². The van der Waals surface area contributed by atoms with E-state index in [0.717, 1.165) is 0 Å². The van der Waals surface area contributed by atoms with Gasteiger partial charge in [0, 0.05) is 25.5 Å². The van der Waals surface area contributed by atoms with Gasteiger partial charge in [0.2, 0.25) is 23.6 Å². The molecule has 0 radical (unpaired) electrons. The molecular weight excluding hydrogens is 556 g/mol. The Morgan fingerprint density at radius 2 is 1.73 bits per heavy atom. The lowest BCUT2D eigenvalue weighted by atomic mass is 10.0. The quantitative estimate of drug-likeness (QED) is 0.216. The second-order valence-electron chi connectivity index (χ2n) is 9.29. The Bertz CT molecular complexity index is 1320. The molecule has 2 aliphatic heterocycles. The molecule has 13 nitrogen and oxygen atoms in total. The monoisotopic (exact) mass is 586 g/mol. The van der Waals surface area contributed by atoms with Crippen molar-refractivity contribution < 1.29 is 43.7 Å². The molecule has 2 heterocycles. The number of benzene rings is 2. The lowest BCUT2D eigenvalue weighted by Gasteiger charge is -2.26. The molecule has 0 aliphatic carbocycles. The summed E-state index contributed by atoms with van der Waals surface area (Å²) in [7, 11) is 0. The van der Waals surface area contributed by atoms with Gasteiger partial charge >= 0.3 is 11.9 Å². The van der Waals surface area contributed by atoms with Gasteiger partial charge in [0.25, 0.3) is 0 Å². The van der Waals surface area contributed by atoms with Crippen molar-refractivity contribution in [2.75, 3.05) is 5.75 Å². The summed E-state index contributed by atoms with van der Waals surface area (Å²) in [5, 5.41) is 28.5. The summed E-state index contributed by atoms with van der Waals surface area (Å²) in [6.45, 7) is 1.23. The minimum Gasteiger partial charge on any atom is -0.481 e. The van der Waals surface area contributed by atoms with Gasteiger partial charge in [0.1, 0.15) is 35.7 Å². The number of amides is 4. The van der Waals surface area contributed by atoms with Gasteiger partial charge in [0.15, 0.2) is 0 Å². The third kappa shape index (κ3) is 8.96. The first-order valence-electron chi connectivity index (χ1n) is 12.6. The predicted octanol–water partition coefficient (Wildman–Crippen LogP) is 0.546. The molecule has 4 atom stereocenters. The topological polar surface area (TPSA) is 200 Å². The van der Waals surface area contributed by atoms with Crippen molar-refractivity contribution in [3.05, 3.63) is 59.7 Å². The van der Waals surface area contributed by atoms with Crippen molar-refractivity contribution in [1.29, 1.82) is 0 Å². The van der Waals surface area contributed by atoms with Gasteiger partial charge in [-0.15, -0.1) is 0 Å². The fourth-order valence-electron chi connectivity index (χ4n) is 4.07. The van der Waals surface area contributed by atoms with Gasteiger partial charge in [-0.2, -0.15) is 12.6 Å². The number of ether oxygens (including phenoxy) is 1. The van der Waals surface area contributed by atoms with Crippen molar-refractivity contribution in [2.24, 2.45) is 0 Å². The summed E-state index contributed by atoms with van der Waals surface area (Å²) in [6, 6.07) is 7.53. The zero-order chi connectivity index (χ0) is 30.1. The van der Waals surface area contributed by atoms with Crippen LogP contribution in [0.25, 0.3) is 0 Å². The number of carbonyl (C=O) groups is 6. The molecule has 0 unspecified atom stereocenters. The number of hydrogen-bond acceptors (Lipinski definition) is 8. The number of rotatable bonds is 8. The molecule has 0 saturated heterocycles. The summed E-state index contributed by atoms with van der Waals surface area (Å²) < 4.78 is 5.90. The molecule has 218 valence electrons. The SMILES string of the molecule is CC(=O)N[C@@H]1Cc2ccc(cc2)Oc2cccc(c2)[C@H](C(=O)N[C@@H](CS)C(=O)O)NC(=O)[C@@H](CCC(=O)O)NC1=O. The average molecular weight is 587 g/mol. The van der Waals surface area contributed by atoms with E-state index < -0.39 is 66.2 Å². The first kappa shape index (κ1) is 30.9. The number of carbonyl (C=O) groups excluding carboxylic acids is 4. The molecule has 4 bridgehead atoms. The first-order valence-corrected chi connectivity index (χ1v) is 13.2. The maximum Gasteiger partial charge on any atom is 0.327 e. The van der Waals surface area contributed by atoms with Gasteiger partial charge < -0.3 is 36.2 Å². The molecular formula is C27H30N4O9S. The number of hydrogen-bond donors (Lipinski definition) is 7. The van der Waals surface area contributed by atoms with Crippen molar-refractivity contribution in [1.82, 2.24) is 21.3 Å². The lowest BCUT2D eigenvalue weighted by molar-refractivity contribution is -0.141. The Balaban J connectivity index is 2.07. The highest BCUT2D eigenvalue weighted by molar-refractivity contribution is 7.80. The fourth-order valence-corrected chi connectivity index (χ4v) is 4.32. The van der Waals surface area contributed by atoms with E-state index in [1.165, 1.54) is 19.1 Å². The molecule has 2 aromatic carbocycles. The van der Waals surface area contributed by atoms with Gasteiger partial charge in [-0.05, 0) is 41.8 Å². The summed E-state index contributed by atoms with van der Waals surface area (Å²) in [6.07, 6.45) is -0.772. The minimum atomic E-state index is -1.46. The zero-order valence-corrected chi connectivity index (χ0v) is 22.9. The molecule has 0 fully saturated rings. The predicted molar refractivity (Wildman–Crippen MR) is 147 cm³/mol. The van der Waals surface area contributed by atoms with Crippen molar-refractivity contribution in [2.45, 2.75) is 50.4 Å². The van der Waals surface area contributed by atoms with Gasteiger partial charge in [0.05, 0.1) is 0 Å². The number of thiol groups is 1. The molecule has 2 aromatic rings. The number of aliphatic carboxylic acids is 2. The molecule has 4 rings (SSSR count). The smallest absolute Gasteiger partial charge is 0.327 e. The second kappa shape index (κ2) is 14.2. The summed E-state index contributed by atoms with van der Waals surface area (Å²) in [5.74, 6) is -5.10. The van der Waals surface area contributed by atoms with E-state index in [0.29, 0.717) is 17.1 Å². The highest BCUT2D eigenvalue weighted by Crippen LogP contribution is 2.26. The third-order valence-corrected chi connectivity index (χ3v) is 6.48. The Kier molecular flexibility index (Phi) is 10.7. The van der Waals surface area contributed by atoms with Crippen molar-refractivity contribution in [3.63, 3.8) is 0 Å². The Hall–Kier alpha value is -4.59. The average Bonchev–Trinajstić information content (AvgIpc) is 2.92. The Labute approximate surface area is 240 Å². The molecule has 14 heteroatoms. The summed E-state index contributed by atoms with van der Waals surface area (Å²) >= 11 is 3.96. The number of nitrogens with one attached hydrogen (secondary N) is 4. The van der Waals surface area contributed by atoms with E-state index in [1.807, 2.05) is 0 Å². The molecule has 6 N–H and O–H groups in total. The van der Waals surface area contributed by atoms with Crippen molar-refractivity contribution >= 4 is 48.2 Å². The van der Waals surface area contributed by atoms with Crippen LogP contribution in [0.3, 0.4) is 0 Å². The lowest BCUT2D eigenvalue weighted by Crippen LogP contribution is -2.56. The van der Waals surface area contributed by atoms with Crippen LogP contribution < -0.4 is 26.0 Å². The van der Waals surface area contributed by atoms with Crippen LogP contribution in [0.2, 0.25) is 0 Å². The number of carboxylic acid groups (broad SMARTS) is 2. The Morgan fingerprint density at radius 3 is 2.34 bits per heavy atom. The molecule has 2 aliphatic rings. The van der Waals surface area contributed by atoms with Crippen LogP contribution in [0.1, 0.15) is 36.9 Å². The molecule has 0 saturated carbocycles. The van der Waals surface area contributed by atoms with E-state index in [2.05, 4.69) is 33.9 Å². The maximum atomic E-state index is 13.4. The van der Waals surface area contributed by atoms with Crippen LogP contribution in [0.15, 0.2) is 48.5 Å². The molecule has 0 spiro atoms.